The van der Waals surface area contributed by atoms with E-state index >= 15 is 0 Å². The van der Waals surface area contributed by atoms with Gasteiger partial charge in [-0.15, -0.1) is 0 Å². The van der Waals surface area contributed by atoms with Gasteiger partial charge in [-0.05, 0) is 44.5 Å². The van der Waals surface area contributed by atoms with E-state index in [0.29, 0.717) is 16.8 Å². The predicted octanol–water partition coefficient (Wildman–Crippen LogP) is 4.40. The number of aryl methyl sites for hydroxylation is 2. The van der Waals surface area contributed by atoms with E-state index in [2.05, 4.69) is 6.58 Å². The molecule has 1 saturated heterocycles. The van der Waals surface area contributed by atoms with E-state index in [0.717, 1.165) is 9.87 Å². The van der Waals surface area contributed by atoms with Gasteiger partial charge in [0.25, 0.3) is 15.9 Å². The van der Waals surface area contributed by atoms with Crippen molar-refractivity contribution in [2.45, 2.75) is 44.1 Å². The Hall–Kier alpha value is -2.74. The van der Waals surface area contributed by atoms with Gasteiger partial charge >= 0.3 is 0 Å². The Kier molecular flexibility index (Phi) is 5.97. The second-order valence-electron chi connectivity index (χ2n) is 8.02. The fourth-order valence-corrected chi connectivity index (χ4v) is 5.10. The third-order valence-corrected chi connectivity index (χ3v) is 7.43. The minimum Gasteiger partial charge on any atom is -0.355 e. The molecule has 0 aliphatic carbocycles. The smallest absolute Gasteiger partial charge is 0.267 e. The summed E-state index contributed by atoms with van der Waals surface area (Å²) in [6, 6.07) is 10.5. The number of hydrogen-bond donors (Lipinski definition) is 0. The standard InChI is InChI=1S/C23H26F2N2O3S/c1-15-9-11-19(12-10-15)31(29,30)26(5)20-8-6-7-16(2)22(20)17(3)27-14-23(24,25)13-21(27)18(4)28/h6-12,21H,3,13-14H2,1-2,4-5H3. The van der Waals surface area contributed by atoms with Crippen molar-refractivity contribution in [3.63, 3.8) is 0 Å². The Labute approximate surface area is 182 Å². The summed E-state index contributed by atoms with van der Waals surface area (Å²) in [4.78, 5) is 13.4. The average molecular weight is 449 g/mol. The van der Waals surface area contributed by atoms with Crippen LogP contribution >= 0.6 is 0 Å². The molecule has 0 bridgehead atoms. The number of carbonyl (C=O) groups excluding carboxylic acids is 1. The largest absolute Gasteiger partial charge is 0.355 e. The van der Waals surface area contributed by atoms with E-state index in [1.54, 1.807) is 37.3 Å². The second-order valence-corrected chi connectivity index (χ2v) is 9.99. The van der Waals surface area contributed by atoms with Crippen LogP contribution < -0.4 is 4.31 Å². The summed E-state index contributed by atoms with van der Waals surface area (Å²) in [7, 11) is -2.48. The number of rotatable bonds is 6. The van der Waals surface area contributed by atoms with Crippen LogP contribution in [0.3, 0.4) is 0 Å². The zero-order valence-corrected chi connectivity index (χ0v) is 18.8. The molecule has 0 amide bonds. The van der Waals surface area contributed by atoms with Crippen LogP contribution in [0.4, 0.5) is 14.5 Å². The molecule has 1 aliphatic rings. The predicted molar refractivity (Wildman–Crippen MR) is 118 cm³/mol. The van der Waals surface area contributed by atoms with Gasteiger partial charge in [0.1, 0.15) is 0 Å². The molecule has 2 aromatic carbocycles. The van der Waals surface area contributed by atoms with E-state index in [-0.39, 0.29) is 16.4 Å². The van der Waals surface area contributed by atoms with Gasteiger partial charge in [0.2, 0.25) is 0 Å². The maximum Gasteiger partial charge on any atom is 0.267 e. The molecule has 1 heterocycles. The zero-order chi connectivity index (χ0) is 23.1. The lowest BCUT2D eigenvalue weighted by Gasteiger charge is -2.31. The van der Waals surface area contributed by atoms with E-state index in [1.807, 2.05) is 6.92 Å². The van der Waals surface area contributed by atoms with Gasteiger partial charge < -0.3 is 4.90 Å². The molecule has 1 aliphatic heterocycles. The van der Waals surface area contributed by atoms with Gasteiger partial charge in [0, 0.05) is 24.7 Å². The molecular weight excluding hydrogens is 422 g/mol. The number of anilines is 1. The molecule has 0 radical (unpaired) electrons. The molecule has 0 N–H and O–H groups in total. The van der Waals surface area contributed by atoms with Gasteiger partial charge in [-0.3, -0.25) is 9.10 Å². The summed E-state index contributed by atoms with van der Waals surface area (Å²) in [6.45, 7) is 8.25. The molecule has 5 nitrogen and oxygen atoms in total. The molecule has 1 unspecified atom stereocenters. The van der Waals surface area contributed by atoms with Gasteiger partial charge in [-0.2, -0.15) is 0 Å². The van der Waals surface area contributed by atoms with Gasteiger partial charge in [-0.25, -0.2) is 17.2 Å². The number of halogens is 2. The first-order valence-corrected chi connectivity index (χ1v) is 11.3. The van der Waals surface area contributed by atoms with Crippen molar-refractivity contribution in [2.75, 3.05) is 17.9 Å². The van der Waals surface area contributed by atoms with Crippen molar-refractivity contribution in [3.05, 3.63) is 65.7 Å². The summed E-state index contributed by atoms with van der Waals surface area (Å²) in [6.07, 6.45) is -0.583. The van der Waals surface area contributed by atoms with Crippen LogP contribution in [0.5, 0.6) is 0 Å². The van der Waals surface area contributed by atoms with Crippen LogP contribution in [0.1, 0.15) is 30.0 Å². The van der Waals surface area contributed by atoms with E-state index in [1.165, 1.54) is 31.0 Å². The Balaban J connectivity index is 2.07. The number of benzene rings is 2. The fraction of sp³-hybridized carbons (Fsp3) is 0.348. The highest BCUT2D eigenvalue weighted by Gasteiger charge is 2.47. The quantitative estimate of drug-likeness (QED) is 0.657. The molecule has 2 aromatic rings. The van der Waals surface area contributed by atoms with Crippen molar-refractivity contribution in [1.29, 1.82) is 0 Å². The highest BCUT2D eigenvalue weighted by atomic mass is 32.2. The van der Waals surface area contributed by atoms with E-state index in [9.17, 15) is 22.0 Å². The lowest BCUT2D eigenvalue weighted by atomic mass is 10.0. The normalized spacial score (nSPS) is 18.1. The Morgan fingerprint density at radius 3 is 2.35 bits per heavy atom. The Bertz CT molecular complexity index is 1130. The van der Waals surface area contributed by atoms with Crippen molar-refractivity contribution >= 4 is 27.2 Å². The lowest BCUT2D eigenvalue weighted by molar-refractivity contribution is -0.120. The maximum atomic E-state index is 14.1. The molecule has 31 heavy (non-hydrogen) atoms. The number of Topliss-reactive ketones (excluding diaryl/α,β-unsaturated/α-hetero) is 1. The fourth-order valence-electron chi connectivity index (χ4n) is 3.90. The van der Waals surface area contributed by atoms with Crippen LogP contribution in [-0.2, 0) is 14.8 Å². The summed E-state index contributed by atoms with van der Waals surface area (Å²) in [5.41, 5.74) is 2.53. The van der Waals surface area contributed by atoms with E-state index < -0.39 is 35.0 Å². The van der Waals surface area contributed by atoms with Crippen molar-refractivity contribution in [1.82, 2.24) is 4.90 Å². The average Bonchev–Trinajstić information content (AvgIpc) is 3.03. The topological polar surface area (TPSA) is 57.7 Å². The van der Waals surface area contributed by atoms with Crippen LogP contribution in [0, 0.1) is 13.8 Å². The zero-order valence-electron chi connectivity index (χ0n) is 18.0. The molecule has 1 fully saturated rings. The first kappa shape index (κ1) is 22.9. The highest BCUT2D eigenvalue weighted by molar-refractivity contribution is 7.92. The third kappa shape index (κ3) is 4.35. The first-order chi connectivity index (χ1) is 14.3. The summed E-state index contributed by atoms with van der Waals surface area (Å²) in [5, 5.41) is 0. The maximum absolute atomic E-state index is 14.1. The highest BCUT2D eigenvalue weighted by Crippen LogP contribution is 2.41. The van der Waals surface area contributed by atoms with Crippen molar-refractivity contribution in [3.8, 4) is 0 Å². The van der Waals surface area contributed by atoms with Crippen LogP contribution in [0.25, 0.3) is 5.70 Å². The Morgan fingerprint density at radius 2 is 1.77 bits per heavy atom. The number of ketones is 1. The Morgan fingerprint density at radius 1 is 1.16 bits per heavy atom. The number of alkyl halides is 2. The summed E-state index contributed by atoms with van der Waals surface area (Å²) in [5.74, 6) is -3.41. The van der Waals surface area contributed by atoms with Gasteiger partial charge in [-0.1, -0.05) is 36.4 Å². The van der Waals surface area contributed by atoms with Crippen LogP contribution in [0.2, 0.25) is 0 Å². The van der Waals surface area contributed by atoms with Crippen molar-refractivity contribution < 1.29 is 22.0 Å². The first-order valence-electron chi connectivity index (χ1n) is 9.84. The van der Waals surface area contributed by atoms with Crippen LogP contribution in [-0.4, -0.2) is 44.7 Å². The van der Waals surface area contributed by atoms with Crippen LogP contribution in [0.15, 0.2) is 53.9 Å². The third-order valence-electron chi connectivity index (χ3n) is 5.64. The van der Waals surface area contributed by atoms with Gasteiger partial charge in [0.15, 0.2) is 5.78 Å². The molecule has 0 saturated carbocycles. The summed E-state index contributed by atoms with van der Waals surface area (Å²) >= 11 is 0. The molecule has 166 valence electrons. The minimum atomic E-state index is -3.90. The van der Waals surface area contributed by atoms with Gasteiger partial charge in [0.05, 0.1) is 23.2 Å². The monoisotopic (exact) mass is 448 g/mol. The number of hydrogen-bond acceptors (Lipinski definition) is 4. The van der Waals surface area contributed by atoms with E-state index in [4.69, 9.17) is 0 Å². The number of likely N-dealkylation sites (tertiary alicyclic amines) is 1. The SMILES string of the molecule is C=C(c1c(C)cccc1N(C)S(=O)(=O)c1ccc(C)cc1)N1CC(F)(F)CC1C(C)=O. The molecule has 0 spiro atoms. The minimum absolute atomic E-state index is 0.119. The molecule has 8 heteroatoms. The lowest BCUT2D eigenvalue weighted by Crippen LogP contribution is -2.34. The van der Waals surface area contributed by atoms with Crippen molar-refractivity contribution in [2.24, 2.45) is 0 Å². The number of carbonyl (C=O) groups is 1. The summed E-state index contributed by atoms with van der Waals surface area (Å²) < 4.78 is 55.9. The molecule has 1 atom stereocenters. The number of nitrogens with zero attached hydrogens (tertiary/aromatic N) is 2. The number of sulfonamides is 1. The molecular formula is C23H26F2N2O3S. The second kappa shape index (κ2) is 8.07. The molecule has 0 aromatic heterocycles. The molecule has 3 rings (SSSR count).